The van der Waals surface area contributed by atoms with Crippen LogP contribution in [0.4, 0.5) is 4.39 Å². The molecule has 1 fully saturated rings. The molecule has 7 heteroatoms. The second kappa shape index (κ2) is 7.99. The van der Waals surface area contributed by atoms with Gasteiger partial charge in [0.05, 0.1) is 6.42 Å². The summed E-state index contributed by atoms with van der Waals surface area (Å²) in [6.45, 7) is 1.39. The summed E-state index contributed by atoms with van der Waals surface area (Å²) >= 11 is 1.42. The number of hydrogen-bond donors (Lipinski definition) is 1. The van der Waals surface area contributed by atoms with Crippen molar-refractivity contribution in [1.29, 1.82) is 0 Å². The SMILES string of the molecule is O=C(Cc1c[nH]c2ccccc12)N1CCC[C@@H](c2nnc(-c3ccccc3F)s2)C1. The monoisotopic (exact) mass is 420 g/mol. The molecule has 1 amide bonds. The lowest BCUT2D eigenvalue weighted by molar-refractivity contribution is -0.131. The number of nitrogens with one attached hydrogen (secondary N) is 1. The zero-order chi connectivity index (χ0) is 20.5. The molecule has 2 aromatic heterocycles. The first kappa shape index (κ1) is 18.9. The van der Waals surface area contributed by atoms with Gasteiger partial charge in [-0.1, -0.05) is 41.7 Å². The highest BCUT2D eigenvalue weighted by Crippen LogP contribution is 2.33. The first-order chi connectivity index (χ1) is 14.7. The van der Waals surface area contributed by atoms with Crippen molar-refractivity contribution in [1.82, 2.24) is 20.1 Å². The van der Waals surface area contributed by atoms with E-state index in [9.17, 15) is 9.18 Å². The van der Waals surface area contributed by atoms with Gasteiger partial charge in [0.25, 0.3) is 0 Å². The molecule has 1 aliphatic rings. The van der Waals surface area contributed by atoms with E-state index in [0.29, 0.717) is 23.5 Å². The van der Waals surface area contributed by atoms with Crippen molar-refractivity contribution < 1.29 is 9.18 Å². The van der Waals surface area contributed by atoms with E-state index in [4.69, 9.17) is 0 Å². The molecule has 1 atom stereocenters. The lowest BCUT2D eigenvalue weighted by Gasteiger charge is -2.31. The van der Waals surface area contributed by atoms with Crippen LogP contribution in [0.1, 0.15) is 29.3 Å². The van der Waals surface area contributed by atoms with Crippen LogP contribution in [0.2, 0.25) is 0 Å². The van der Waals surface area contributed by atoms with E-state index < -0.39 is 0 Å². The Kier molecular flexibility index (Phi) is 5.04. The summed E-state index contributed by atoms with van der Waals surface area (Å²) in [5, 5.41) is 11.1. The van der Waals surface area contributed by atoms with Crippen LogP contribution in [0.15, 0.2) is 54.7 Å². The van der Waals surface area contributed by atoms with Crippen molar-refractivity contribution in [3.05, 3.63) is 71.1 Å². The van der Waals surface area contributed by atoms with Crippen molar-refractivity contribution in [2.24, 2.45) is 0 Å². The number of likely N-dealkylation sites (tertiary alicyclic amines) is 1. The Morgan fingerprint density at radius 2 is 2.00 bits per heavy atom. The molecule has 0 saturated carbocycles. The Hall–Kier alpha value is -3.06. The van der Waals surface area contributed by atoms with Crippen LogP contribution >= 0.6 is 11.3 Å². The molecule has 2 aromatic carbocycles. The molecule has 0 bridgehead atoms. The number of carbonyl (C=O) groups excluding carboxylic acids is 1. The number of halogens is 1. The molecule has 0 spiro atoms. The standard InChI is InChI=1S/C23H21FN4OS/c24-19-9-3-1-8-18(19)23-27-26-22(30-23)15-6-5-11-28(14-15)21(29)12-16-13-25-20-10-4-2-7-17(16)20/h1-4,7-10,13,15,25H,5-6,11-12,14H2/t15-/m1/s1. The zero-order valence-corrected chi connectivity index (χ0v) is 17.2. The summed E-state index contributed by atoms with van der Waals surface area (Å²) in [7, 11) is 0. The maximum Gasteiger partial charge on any atom is 0.227 e. The van der Waals surface area contributed by atoms with Crippen molar-refractivity contribution in [3.63, 3.8) is 0 Å². The molecule has 1 saturated heterocycles. The topological polar surface area (TPSA) is 61.9 Å². The fourth-order valence-corrected chi connectivity index (χ4v) is 5.10. The molecule has 4 aromatic rings. The minimum atomic E-state index is -0.292. The molecule has 0 unspecified atom stereocenters. The predicted octanol–water partition coefficient (Wildman–Crippen LogP) is 4.77. The quantitative estimate of drug-likeness (QED) is 0.517. The molecular formula is C23H21FN4OS. The highest BCUT2D eigenvalue weighted by molar-refractivity contribution is 7.14. The predicted molar refractivity (Wildman–Crippen MR) is 116 cm³/mol. The van der Waals surface area contributed by atoms with Gasteiger partial charge in [0, 0.05) is 41.7 Å². The molecule has 5 nitrogen and oxygen atoms in total. The minimum Gasteiger partial charge on any atom is -0.361 e. The number of benzene rings is 2. The van der Waals surface area contributed by atoms with Gasteiger partial charge in [-0.15, -0.1) is 10.2 Å². The Labute approximate surface area is 177 Å². The number of nitrogens with zero attached hydrogens (tertiary/aromatic N) is 3. The fraction of sp³-hybridized carbons (Fsp3) is 0.261. The minimum absolute atomic E-state index is 0.128. The Morgan fingerprint density at radius 3 is 2.90 bits per heavy atom. The van der Waals surface area contributed by atoms with Crippen LogP contribution in [0.5, 0.6) is 0 Å². The third-order valence-corrected chi connectivity index (χ3v) is 6.80. The van der Waals surface area contributed by atoms with Gasteiger partial charge in [-0.2, -0.15) is 0 Å². The van der Waals surface area contributed by atoms with Crippen LogP contribution in [0.3, 0.4) is 0 Å². The van der Waals surface area contributed by atoms with Gasteiger partial charge >= 0.3 is 0 Å². The van der Waals surface area contributed by atoms with E-state index in [1.165, 1.54) is 17.4 Å². The van der Waals surface area contributed by atoms with E-state index in [-0.39, 0.29) is 17.6 Å². The molecule has 3 heterocycles. The number of carbonyl (C=O) groups is 1. The number of rotatable bonds is 4. The lowest BCUT2D eigenvalue weighted by atomic mass is 9.98. The van der Waals surface area contributed by atoms with Gasteiger partial charge in [0.15, 0.2) is 5.01 Å². The van der Waals surface area contributed by atoms with E-state index in [2.05, 4.69) is 15.2 Å². The fourth-order valence-electron chi connectivity index (χ4n) is 4.10. The lowest BCUT2D eigenvalue weighted by Crippen LogP contribution is -2.39. The third kappa shape index (κ3) is 3.61. The van der Waals surface area contributed by atoms with Crippen LogP contribution < -0.4 is 0 Å². The number of fused-ring (bicyclic) bond motifs is 1. The van der Waals surface area contributed by atoms with Crippen molar-refractivity contribution in [2.75, 3.05) is 13.1 Å². The summed E-state index contributed by atoms with van der Waals surface area (Å²) in [6.07, 6.45) is 4.20. The normalized spacial score (nSPS) is 16.8. The maximum atomic E-state index is 14.1. The highest BCUT2D eigenvalue weighted by atomic mass is 32.1. The van der Waals surface area contributed by atoms with Crippen molar-refractivity contribution in [2.45, 2.75) is 25.2 Å². The summed E-state index contributed by atoms with van der Waals surface area (Å²) in [6, 6.07) is 14.6. The summed E-state index contributed by atoms with van der Waals surface area (Å²) in [5.74, 6) is -0.0219. The van der Waals surface area contributed by atoms with E-state index in [1.54, 1.807) is 18.2 Å². The highest BCUT2D eigenvalue weighted by Gasteiger charge is 2.28. The molecule has 0 aliphatic carbocycles. The number of hydrogen-bond acceptors (Lipinski definition) is 4. The van der Waals surface area contributed by atoms with Crippen LogP contribution in [-0.4, -0.2) is 39.1 Å². The number of aromatic amines is 1. The summed E-state index contributed by atoms with van der Waals surface area (Å²) in [5.41, 5.74) is 2.55. The van der Waals surface area contributed by atoms with Gasteiger partial charge < -0.3 is 9.88 Å². The number of amides is 1. The molecule has 30 heavy (non-hydrogen) atoms. The molecule has 1 aliphatic heterocycles. The van der Waals surface area contributed by atoms with E-state index in [0.717, 1.165) is 40.9 Å². The molecular weight excluding hydrogens is 399 g/mol. The molecule has 5 rings (SSSR count). The number of piperidine rings is 1. The number of H-pyrrole nitrogens is 1. The van der Waals surface area contributed by atoms with Gasteiger partial charge in [-0.05, 0) is 36.6 Å². The second-order valence-corrected chi connectivity index (χ2v) is 8.65. The second-order valence-electron chi connectivity index (χ2n) is 7.64. The maximum absolute atomic E-state index is 14.1. The third-order valence-electron chi connectivity index (χ3n) is 5.68. The van der Waals surface area contributed by atoms with Crippen LogP contribution in [0.25, 0.3) is 21.5 Å². The summed E-state index contributed by atoms with van der Waals surface area (Å²) in [4.78, 5) is 18.2. The molecule has 0 radical (unpaired) electrons. The molecule has 152 valence electrons. The van der Waals surface area contributed by atoms with Gasteiger partial charge in [-0.3, -0.25) is 4.79 Å². The smallest absolute Gasteiger partial charge is 0.227 e. The Morgan fingerprint density at radius 1 is 1.17 bits per heavy atom. The molecule has 1 N–H and O–H groups in total. The van der Waals surface area contributed by atoms with Crippen LogP contribution in [0, 0.1) is 5.82 Å². The van der Waals surface area contributed by atoms with Crippen molar-refractivity contribution in [3.8, 4) is 10.6 Å². The van der Waals surface area contributed by atoms with Gasteiger partial charge in [-0.25, -0.2) is 4.39 Å². The van der Waals surface area contributed by atoms with Crippen LogP contribution in [-0.2, 0) is 11.2 Å². The van der Waals surface area contributed by atoms with Gasteiger partial charge in [0.2, 0.25) is 5.91 Å². The Bertz CT molecular complexity index is 1200. The summed E-state index contributed by atoms with van der Waals surface area (Å²) < 4.78 is 14.1. The zero-order valence-electron chi connectivity index (χ0n) is 16.3. The largest absolute Gasteiger partial charge is 0.361 e. The number of para-hydroxylation sites is 1. The van der Waals surface area contributed by atoms with E-state index >= 15 is 0 Å². The average molecular weight is 421 g/mol. The van der Waals surface area contributed by atoms with Gasteiger partial charge in [0.1, 0.15) is 10.8 Å². The first-order valence-electron chi connectivity index (χ1n) is 10.1. The Balaban J connectivity index is 1.30. The average Bonchev–Trinajstić information content (AvgIpc) is 3.42. The first-order valence-corrected chi connectivity index (χ1v) is 10.9. The number of aromatic nitrogens is 3. The van der Waals surface area contributed by atoms with Crippen molar-refractivity contribution >= 4 is 28.1 Å². The van der Waals surface area contributed by atoms with E-state index in [1.807, 2.05) is 35.4 Å².